The van der Waals surface area contributed by atoms with Crippen molar-refractivity contribution in [2.75, 3.05) is 13.1 Å². The van der Waals surface area contributed by atoms with Gasteiger partial charge in [0.05, 0.1) is 0 Å². The van der Waals surface area contributed by atoms with Gasteiger partial charge in [0, 0.05) is 4.47 Å². The Morgan fingerprint density at radius 3 is 2.61 bits per heavy atom. The van der Waals surface area contributed by atoms with Crippen LogP contribution < -0.4 is 5.32 Å². The molecule has 98 valence electrons. The molecular weight excluding hydrogens is 286 g/mol. The van der Waals surface area contributed by atoms with Gasteiger partial charge in [0.2, 0.25) is 0 Å². The van der Waals surface area contributed by atoms with Crippen LogP contribution in [0.25, 0.3) is 0 Å². The topological polar surface area (TPSA) is 12.0 Å². The molecule has 1 N–H and O–H groups in total. The number of halogens is 1. The summed E-state index contributed by atoms with van der Waals surface area (Å²) in [5, 5.41) is 3.62. The predicted molar refractivity (Wildman–Crippen MR) is 79.8 cm³/mol. The van der Waals surface area contributed by atoms with Crippen molar-refractivity contribution in [3.05, 3.63) is 34.3 Å². The number of hydrogen-bond acceptors (Lipinski definition) is 1. The lowest BCUT2D eigenvalue weighted by atomic mass is 9.73. The summed E-state index contributed by atoms with van der Waals surface area (Å²) in [5.74, 6) is 2.56. The van der Waals surface area contributed by atoms with E-state index in [1.165, 1.54) is 55.2 Å². The van der Waals surface area contributed by atoms with Crippen molar-refractivity contribution in [3.63, 3.8) is 0 Å². The van der Waals surface area contributed by atoms with E-state index in [0.29, 0.717) is 0 Å². The van der Waals surface area contributed by atoms with Crippen LogP contribution in [0.5, 0.6) is 0 Å². The smallest absolute Gasteiger partial charge is 0.0210 e. The van der Waals surface area contributed by atoms with Crippen LogP contribution in [0.2, 0.25) is 0 Å². The largest absolute Gasteiger partial charge is 0.316 e. The van der Waals surface area contributed by atoms with Crippen molar-refractivity contribution in [2.45, 2.75) is 38.0 Å². The molecule has 1 heterocycles. The van der Waals surface area contributed by atoms with Gasteiger partial charge in [-0.2, -0.15) is 0 Å². The second kappa shape index (κ2) is 5.75. The van der Waals surface area contributed by atoms with Crippen molar-refractivity contribution in [3.8, 4) is 0 Å². The lowest BCUT2D eigenvalue weighted by Gasteiger charge is -2.37. The van der Waals surface area contributed by atoms with Crippen LogP contribution in [-0.4, -0.2) is 13.1 Å². The van der Waals surface area contributed by atoms with Gasteiger partial charge in [-0.1, -0.05) is 59.8 Å². The average Bonchev–Trinajstić information content (AvgIpc) is 2.93. The van der Waals surface area contributed by atoms with Gasteiger partial charge in [0.1, 0.15) is 0 Å². The molecule has 3 rings (SSSR count). The zero-order valence-corrected chi connectivity index (χ0v) is 12.5. The van der Waals surface area contributed by atoms with Gasteiger partial charge in [-0.15, -0.1) is 0 Å². The molecule has 1 saturated carbocycles. The first-order chi connectivity index (χ1) is 8.86. The maximum absolute atomic E-state index is 3.75. The molecule has 2 unspecified atom stereocenters. The number of hydrogen-bond donors (Lipinski definition) is 1. The highest BCUT2D eigenvalue weighted by Crippen LogP contribution is 2.43. The third kappa shape index (κ3) is 2.50. The highest BCUT2D eigenvalue weighted by atomic mass is 79.9. The molecule has 0 bridgehead atoms. The highest BCUT2D eigenvalue weighted by Gasteiger charge is 2.34. The van der Waals surface area contributed by atoms with Crippen LogP contribution >= 0.6 is 15.9 Å². The first-order valence-corrected chi connectivity index (χ1v) is 8.10. The average molecular weight is 308 g/mol. The van der Waals surface area contributed by atoms with Gasteiger partial charge >= 0.3 is 0 Å². The molecule has 18 heavy (non-hydrogen) atoms. The summed E-state index contributed by atoms with van der Waals surface area (Å²) in [6, 6.07) is 8.83. The van der Waals surface area contributed by atoms with Crippen molar-refractivity contribution in [1.82, 2.24) is 5.32 Å². The molecular formula is C16H22BrN. The molecule has 2 atom stereocenters. The van der Waals surface area contributed by atoms with Crippen molar-refractivity contribution in [2.24, 2.45) is 11.8 Å². The minimum Gasteiger partial charge on any atom is -0.316 e. The number of nitrogens with one attached hydrogen (secondary N) is 1. The van der Waals surface area contributed by atoms with Crippen LogP contribution in [0.1, 0.15) is 43.6 Å². The highest BCUT2D eigenvalue weighted by molar-refractivity contribution is 9.10. The third-order valence-electron chi connectivity index (χ3n) is 4.84. The molecule has 1 aromatic rings. The molecule has 1 nitrogen and oxygen atoms in total. The predicted octanol–water partition coefficient (Wildman–Crippen LogP) is 4.33. The second-order valence-electron chi connectivity index (χ2n) is 5.83. The summed E-state index contributed by atoms with van der Waals surface area (Å²) >= 11 is 3.75. The number of piperidine rings is 1. The second-order valence-corrected chi connectivity index (χ2v) is 6.68. The summed E-state index contributed by atoms with van der Waals surface area (Å²) in [6.07, 6.45) is 7.10. The summed E-state index contributed by atoms with van der Waals surface area (Å²) in [4.78, 5) is 0. The fourth-order valence-corrected chi connectivity index (χ4v) is 4.50. The molecule has 1 aromatic carbocycles. The van der Waals surface area contributed by atoms with Crippen molar-refractivity contribution < 1.29 is 0 Å². The van der Waals surface area contributed by atoms with Crippen molar-refractivity contribution in [1.29, 1.82) is 0 Å². The zero-order valence-electron chi connectivity index (χ0n) is 10.9. The minimum absolute atomic E-state index is 0.755. The first kappa shape index (κ1) is 12.7. The fraction of sp³-hybridized carbons (Fsp3) is 0.625. The molecule has 2 aliphatic rings. The van der Waals surface area contributed by atoms with Gasteiger partial charge in [0.15, 0.2) is 0 Å². The molecule has 1 saturated heterocycles. The molecule has 0 radical (unpaired) electrons. The van der Waals surface area contributed by atoms with Gasteiger partial charge in [-0.05, 0) is 48.9 Å². The zero-order chi connectivity index (χ0) is 12.4. The van der Waals surface area contributed by atoms with Gasteiger partial charge < -0.3 is 5.32 Å². The third-order valence-corrected chi connectivity index (χ3v) is 5.56. The summed E-state index contributed by atoms with van der Waals surface area (Å²) in [7, 11) is 0. The maximum Gasteiger partial charge on any atom is 0.0210 e. The molecule has 2 fully saturated rings. The normalized spacial score (nSPS) is 29.6. The summed E-state index contributed by atoms with van der Waals surface area (Å²) < 4.78 is 1.31. The van der Waals surface area contributed by atoms with Gasteiger partial charge in [0.25, 0.3) is 0 Å². The Labute approximate surface area is 118 Å². The molecule has 0 amide bonds. The Kier molecular flexibility index (Phi) is 4.05. The molecule has 0 aromatic heterocycles. The van der Waals surface area contributed by atoms with E-state index < -0.39 is 0 Å². The van der Waals surface area contributed by atoms with E-state index in [2.05, 4.69) is 45.5 Å². The summed E-state index contributed by atoms with van der Waals surface area (Å²) in [5.41, 5.74) is 1.54. The number of rotatable bonds is 2. The fourth-order valence-electron chi connectivity index (χ4n) is 3.93. The summed E-state index contributed by atoms with van der Waals surface area (Å²) in [6.45, 7) is 2.39. The van der Waals surface area contributed by atoms with Crippen molar-refractivity contribution >= 4 is 15.9 Å². The van der Waals surface area contributed by atoms with E-state index in [1.54, 1.807) is 0 Å². The van der Waals surface area contributed by atoms with Gasteiger partial charge in [-0.25, -0.2) is 0 Å². The molecule has 1 aliphatic carbocycles. The molecule has 2 heteroatoms. The standard InChI is InChI=1S/C16H22BrN/c17-16-8-4-3-7-14(16)13-9-10-18-11-15(13)12-5-1-2-6-12/h3-4,7-8,12-13,15,18H,1-2,5-6,9-11H2. The Morgan fingerprint density at radius 2 is 1.83 bits per heavy atom. The van der Waals surface area contributed by atoms with E-state index in [4.69, 9.17) is 0 Å². The van der Waals surface area contributed by atoms with E-state index in [-0.39, 0.29) is 0 Å². The molecule has 1 aliphatic heterocycles. The minimum atomic E-state index is 0.755. The SMILES string of the molecule is Brc1ccccc1C1CCNCC1C1CCCC1. The van der Waals surface area contributed by atoms with Crippen LogP contribution in [-0.2, 0) is 0 Å². The quantitative estimate of drug-likeness (QED) is 0.857. The van der Waals surface area contributed by atoms with Gasteiger partial charge in [-0.3, -0.25) is 0 Å². The van der Waals surface area contributed by atoms with E-state index >= 15 is 0 Å². The Bertz CT molecular complexity index is 398. The number of benzene rings is 1. The Balaban J connectivity index is 1.85. The lowest BCUT2D eigenvalue weighted by Crippen LogP contribution is -2.38. The van der Waals surface area contributed by atoms with Crippen LogP contribution in [0.4, 0.5) is 0 Å². The van der Waals surface area contributed by atoms with Crippen LogP contribution in [0.15, 0.2) is 28.7 Å². The molecule has 0 spiro atoms. The van der Waals surface area contributed by atoms with E-state index in [0.717, 1.165) is 17.8 Å². The Hall–Kier alpha value is -0.340. The Morgan fingerprint density at radius 1 is 1.06 bits per heavy atom. The first-order valence-electron chi connectivity index (χ1n) is 7.31. The van der Waals surface area contributed by atoms with Crippen LogP contribution in [0.3, 0.4) is 0 Å². The van der Waals surface area contributed by atoms with E-state index in [9.17, 15) is 0 Å². The van der Waals surface area contributed by atoms with E-state index in [1.807, 2.05) is 0 Å². The van der Waals surface area contributed by atoms with Crippen LogP contribution in [0, 0.1) is 11.8 Å². The maximum atomic E-state index is 3.75. The lowest BCUT2D eigenvalue weighted by molar-refractivity contribution is 0.230. The monoisotopic (exact) mass is 307 g/mol.